The molecule has 2 amide bonds. The number of aromatic nitrogens is 2. The van der Waals surface area contributed by atoms with E-state index < -0.39 is 17.6 Å². The maximum Gasteiger partial charge on any atom is 0.416 e. The van der Waals surface area contributed by atoms with Gasteiger partial charge in [0.25, 0.3) is 11.8 Å². The van der Waals surface area contributed by atoms with Crippen molar-refractivity contribution in [3.8, 4) is 0 Å². The topological polar surface area (TPSA) is 69.3 Å². The highest BCUT2D eigenvalue weighted by Crippen LogP contribution is 2.29. The van der Waals surface area contributed by atoms with Gasteiger partial charge in [-0.3, -0.25) is 14.7 Å². The lowest BCUT2D eigenvalue weighted by atomic mass is 10.1. The first-order valence-electron chi connectivity index (χ1n) is 8.59. The van der Waals surface area contributed by atoms with Crippen molar-refractivity contribution in [3.63, 3.8) is 0 Å². The summed E-state index contributed by atoms with van der Waals surface area (Å²) in [5.41, 5.74) is 0.318. The van der Waals surface area contributed by atoms with Crippen LogP contribution in [0.15, 0.2) is 30.3 Å². The summed E-state index contributed by atoms with van der Waals surface area (Å²) in [4.78, 5) is 28.0. The van der Waals surface area contributed by atoms with Gasteiger partial charge in [-0.25, -0.2) is 0 Å². The van der Waals surface area contributed by atoms with Crippen molar-refractivity contribution in [2.75, 3.05) is 26.2 Å². The molecule has 1 fully saturated rings. The van der Waals surface area contributed by atoms with Crippen molar-refractivity contribution in [3.05, 3.63) is 52.8 Å². The third-order valence-electron chi connectivity index (χ3n) is 4.52. The minimum atomic E-state index is -4.50. The van der Waals surface area contributed by atoms with Gasteiger partial charge in [-0.1, -0.05) is 13.0 Å². The number of rotatable bonds is 3. The van der Waals surface area contributed by atoms with E-state index in [1.807, 2.05) is 6.92 Å². The van der Waals surface area contributed by atoms with Crippen LogP contribution in [0.3, 0.4) is 0 Å². The third kappa shape index (κ3) is 4.12. The lowest BCUT2D eigenvalue weighted by molar-refractivity contribution is -0.137. The van der Waals surface area contributed by atoms with Crippen molar-refractivity contribution in [1.82, 2.24) is 20.0 Å². The first-order chi connectivity index (χ1) is 12.8. The van der Waals surface area contributed by atoms with E-state index in [0.29, 0.717) is 18.8 Å². The van der Waals surface area contributed by atoms with Crippen LogP contribution < -0.4 is 0 Å². The lowest BCUT2D eigenvalue weighted by Crippen LogP contribution is -2.50. The molecule has 9 heteroatoms. The zero-order chi connectivity index (χ0) is 19.6. The molecule has 2 heterocycles. The van der Waals surface area contributed by atoms with Crippen molar-refractivity contribution in [1.29, 1.82) is 0 Å². The third-order valence-corrected chi connectivity index (χ3v) is 4.52. The van der Waals surface area contributed by atoms with Gasteiger partial charge in [0, 0.05) is 37.4 Å². The molecule has 0 radical (unpaired) electrons. The molecule has 144 valence electrons. The molecule has 1 saturated heterocycles. The number of hydrogen-bond acceptors (Lipinski definition) is 3. The Kier molecular flexibility index (Phi) is 5.20. The van der Waals surface area contributed by atoms with Crippen molar-refractivity contribution >= 4 is 11.8 Å². The molecule has 0 bridgehead atoms. The molecular formula is C18H19F3N4O2. The van der Waals surface area contributed by atoms with E-state index in [4.69, 9.17) is 0 Å². The molecule has 27 heavy (non-hydrogen) atoms. The van der Waals surface area contributed by atoms with Crippen LogP contribution in [0.2, 0.25) is 0 Å². The molecular weight excluding hydrogens is 361 g/mol. The molecule has 6 nitrogen and oxygen atoms in total. The first-order valence-corrected chi connectivity index (χ1v) is 8.59. The van der Waals surface area contributed by atoms with Gasteiger partial charge < -0.3 is 9.80 Å². The average molecular weight is 380 g/mol. The zero-order valence-electron chi connectivity index (χ0n) is 14.7. The van der Waals surface area contributed by atoms with Gasteiger partial charge in [0.1, 0.15) is 5.69 Å². The molecule has 1 N–H and O–H groups in total. The second-order valence-corrected chi connectivity index (χ2v) is 6.29. The second-order valence-electron chi connectivity index (χ2n) is 6.29. The molecule has 0 atom stereocenters. The van der Waals surface area contributed by atoms with Crippen LogP contribution in [0.4, 0.5) is 13.2 Å². The van der Waals surface area contributed by atoms with Crippen molar-refractivity contribution in [2.24, 2.45) is 0 Å². The number of piperazine rings is 1. The molecule has 3 rings (SSSR count). The second kappa shape index (κ2) is 7.42. The van der Waals surface area contributed by atoms with E-state index in [9.17, 15) is 22.8 Å². The number of halogens is 3. The Morgan fingerprint density at radius 3 is 2.26 bits per heavy atom. The van der Waals surface area contributed by atoms with E-state index in [1.165, 1.54) is 17.0 Å². The van der Waals surface area contributed by atoms with Crippen LogP contribution >= 0.6 is 0 Å². The van der Waals surface area contributed by atoms with E-state index >= 15 is 0 Å². The van der Waals surface area contributed by atoms with Crippen LogP contribution in [-0.2, 0) is 12.6 Å². The number of hydrogen-bond donors (Lipinski definition) is 1. The predicted octanol–water partition coefficient (Wildman–Crippen LogP) is 2.59. The summed E-state index contributed by atoms with van der Waals surface area (Å²) in [7, 11) is 0. The van der Waals surface area contributed by atoms with Gasteiger partial charge in [0.05, 0.1) is 5.56 Å². The van der Waals surface area contributed by atoms with Crippen LogP contribution in [-0.4, -0.2) is 58.0 Å². The Morgan fingerprint density at radius 2 is 1.70 bits per heavy atom. The smallest absolute Gasteiger partial charge is 0.335 e. The minimum absolute atomic E-state index is 0.00973. The van der Waals surface area contributed by atoms with Crippen LogP contribution in [0, 0.1) is 0 Å². The summed E-state index contributed by atoms with van der Waals surface area (Å²) in [5.74, 6) is -0.696. The van der Waals surface area contributed by atoms with E-state index in [-0.39, 0.29) is 24.6 Å². The maximum absolute atomic E-state index is 12.8. The number of aromatic amines is 1. The normalized spacial score (nSPS) is 15.1. The number of H-pyrrole nitrogens is 1. The Labute approximate surface area is 154 Å². The van der Waals surface area contributed by atoms with Gasteiger partial charge in [0.2, 0.25) is 0 Å². The number of carbonyl (C=O) groups excluding carboxylic acids is 2. The zero-order valence-corrected chi connectivity index (χ0v) is 14.7. The molecule has 0 saturated carbocycles. The molecule has 1 aliphatic rings. The van der Waals surface area contributed by atoms with Crippen molar-refractivity contribution < 1.29 is 22.8 Å². The van der Waals surface area contributed by atoms with Crippen molar-refractivity contribution in [2.45, 2.75) is 19.5 Å². The number of nitrogens with one attached hydrogen (secondary N) is 1. The monoisotopic (exact) mass is 380 g/mol. The number of nitrogens with zero attached hydrogens (tertiary/aromatic N) is 3. The largest absolute Gasteiger partial charge is 0.416 e. The Bertz CT molecular complexity index is 839. The van der Waals surface area contributed by atoms with Gasteiger partial charge in [0.15, 0.2) is 0 Å². The molecule has 1 aromatic carbocycles. The summed E-state index contributed by atoms with van der Waals surface area (Å²) in [6.45, 7) is 3.06. The Hall–Kier alpha value is -2.84. The fourth-order valence-electron chi connectivity index (χ4n) is 2.94. The van der Waals surface area contributed by atoms with E-state index in [0.717, 1.165) is 24.2 Å². The van der Waals surface area contributed by atoms with Gasteiger partial charge >= 0.3 is 6.18 Å². The number of amides is 2. The summed E-state index contributed by atoms with van der Waals surface area (Å²) in [6.07, 6.45) is -3.76. The predicted molar refractivity (Wildman–Crippen MR) is 91.2 cm³/mol. The summed E-state index contributed by atoms with van der Waals surface area (Å²) >= 11 is 0. The highest BCUT2D eigenvalue weighted by molar-refractivity contribution is 5.95. The molecule has 1 aromatic heterocycles. The van der Waals surface area contributed by atoms with Crippen LogP contribution in [0.25, 0.3) is 0 Å². The van der Waals surface area contributed by atoms with Gasteiger partial charge in [-0.2, -0.15) is 18.3 Å². The summed E-state index contributed by atoms with van der Waals surface area (Å²) in [5, 5.41) is 6.78. The Balaban J connectivity index is 1.63. The lowest BCUT2D eigenvalue weighted by Gasteiger charge is -2.34. The molecule has 0 unspecified atom stereocenters. The highest BCUT2D eigenvalue weighted by atomic mass is 19.4. The minimum Gasteiger partial charge on any atom is -0.335 e. The van der Waals surface area contributed by atoms with Gasteiger partial charge in [-0.15, -0.1) is 0 Å². The molecule has 0 spiro atoms. The van der Waals surface area contributed by atoms with E-state index in [2.05, 4.69) is 10.2 Å². The summed E-state index contributed by atoms with van der Waals surface area (Å²) in [6, 6.07) is 6.07. The van der Waals surface area contributed by atoms with Gasteiger partial charge in [-0.05, 0) is 30.7 Å². The molecule has 0 aliphatic carbocycles. The molecule has 1 aliphatic heterocycles. The fourth-order valence-corrected chi connectivity index (χ4v) is 2.94. The SMILES string of the molecule is CCc1cc(C(=O)N2CCN(C(=O)c3cccc(C(F)(F)F)c3)CC2)n[nH]1. The standard InChI is InChI=1S/C18H19F3N4O2/c1-2-14-11-15(23-22-14)17(27)25-8-6-24(7-9-25)16(26)12-4-3-5-13(10-12)18(19,20)21/h3-5,10-11H,2,6-9H2,1H3,(H,22,23). The van der Waals surface area contributed by atoms with Crippen LogP contribution in [0.1, 0.15) is 39.0 Å². The fraction of sp³-hybridized carbons (Fsp3) is 0.389. The number of alkyl halides is 3. The quantitative estimate of drug-likeness (QED) is 0.890. The number of carbonyl (C=O) groups is 2. The number of aryl methyl sites for hydroxylation is 1. The molecule has 2 aromatic rings. The number of benzene rings is 1. The Morgan fingerprint density at radius 1 is 1.07 bits per heavy atom. The highest BCUT2D eigenvalue weighted by Gasteiger charge is 2.32. The van der Waals surface area contributed by atoms with Crippen LogP contribution in [0.5, 0.6) is 0 Å². The average Bonchev–Trinajstić information content (AvgIpc) is 3.16. The maximum atomic E-state index is 12.8. The first kappa shape index (κ1) is 18.9. The summed E-state index contributed by atoms with van der Waals surface area (Å²) < 4.78 is 38.5. The van der Waals surface area contributed by atoms with E-state index in [1.54, 1.807) is 11.0 Å².